The standard InChI is InChI=1S/C31H42N2O6/c1-8-16-38-23-10-11-24(21(4)18-23)29(34)27-28(33(15-14-32(5)6)31(36)30(27)35)22-9-12-25(26(19-22)37-7)39-17-13-20(2)3/h9-12,18-20,28,34H,8,13-17H2,1-7H3/b29-27+. The number of benzene rings is 2. The van der Waals surface area contributed by atoms with Gasteiger partial charge in [0.25, 0.3) is 11.7 Å². The van der Waals surface area contributed by atoms with E-state index < -0.39 is 17.7 Å². The SMILES string of the molecule is CCCOc1ccc(/C(O)=C2\C(=O)C(=O)N(CCN(C)C)C2c2ccc(OCCC(C)C)c(OC)c2)c(C)c1. The molecule has 3 rings (SSSR count). The van der Waals surface area contributed by atoms with Crippen LogP contribution in [0.1, 0.15) is 56.3 Å². The van der Waals surface area contributed by atoms with Crippen molar-refractivity contribution in [3.8, 4) is 17.2 Å². The van der Waals surface area contributed by atoms with E-state index in [4.69, 9.17) is 14.2 Å². The van der Waals surface area contributed by atoms with Crippen molar-refractivity contribution in [2.45, 2.75) is 46.6 Å². The smallest absolute Gasteiger partial charge is 0.295 e. The van der Waals surface area contributed by atoms with Crippen molar-refractivity contribution in [3.63, 3.8) is 0 Å². The number of nitrogens with zero attached hydrogens (tertiary/aromatic N) is 2. The zero-order valence-electron chi connectivity index (χ0n) is 24.2. The van der Waals surface area contributed by atoms with Gasteiger partial charge < -0.3 is 29.1 Å². The molecule has 2 aromatic rings. The van der Waals surface area contributed by atoms with E-state index in [9.17, 15) is 14.7 Å². The largest absolute Gasteiger partial charge is 0.507 e. The molecule has 8 nitrogen and oxygen atoms in total. The van der Waals surface area contributed by atoms with Gasteiger partial charge in [0.05, 0.1) is 31.9 Å². The quantitative estimate of drug-likeness (QED) is 0.213. The van der Waals surface area contributed by atoms with Crippen LogP contribution in [0, 0.1) is 12.8 Å². The number of amides is 1. The van der Waals surface area contributed by atoms with Gasteiger partial charge in [-0.15, -0.1) is 0 Å². The normalized spacial score (nSPS) is 16.8. The number of ketones is 1. The van der Waals surface area contributed by atoms with Crippen LogP contribution in [-0.4, -0.2) is 74.1 Å². The van der Waals surface area contributed by atoms with E-state index in [2.05, 4.69) is 13.8 Å². The lowest BCUT2D eigenvalue weighted by Gasteiger charge is -2.27. The second-order valence-corrected chi connectivity index (χ2v) is 10.6. The summed E-state index contributed by atoms with van der Waals surface area (Å²) in [6.07, 6.45) is 1.78. The average Bonchev–Trinajstić information content (AvgIpc) is 3.15. The van der Waals surface area contributed by atoms with Crippen LogP contribution in [0.4, 0.5) is 0 Å². The maximum absolute atomic E-state index is 13.4. The highest BCUT2D eigenvalue weighted by molar-refractivity contribution is 6.46. The minimum atomic E-state index is -0.779. The van der Waals surface area contributed by atoms with Crippen LogP contribution < -0.4 is 14.2 Å². The summed E-state index contributed by atoms with van der Waals surface area (Å²) < 4.78 is 17.3. The highest BCUT2D eigenvalue weighted by Crippen LogP contribution is 2.42. The molecule has 0 bridgehead atoms. The number of aryl methyl sites for hydroxylation is 1. The number of carbonyl (C=O) groups excluding carboxylic acids is 2. The van der Waals surface area contributed by atoms with Crippen molar-refractivity contribution in [1.82, 2.24) is 9.80 Å². The fourth-order valence-electron chi connectivity index (χ4n) is 4.50. The first-order chi connectivity index (χ1) is 18.6. The number of ether oxygens (including phenoxy) is 3. The molecule has 0 radical (unpaired) electrons. The fourth-order valence-corrected chi connectivity index (χ4v) is 4.50. The molecule has 2 aromatic carbocycles. The third-order valence-corrected chi connectivity index (χ3v) is 6.71. The fraction of sp³-hybridized carbons (Fsp3) is 0.484. The Bertz CT molecular complexity index is 1200. The van der Waals surface area contributed by atoms with Crippen molar-refractivity contribution in [1.29, 1.82) is 0 Å². The van der Waals surface area contributed by atoms with Crippen LogP contribution in [0.3, 0.4) is 0 Å². The first kappa shape index (κ1) is 30.0. The molecule has 0 aromatic heterocycles. The Morgan fingerprint density at radius 2 is 1.79 bits per heavy atom. The lowest BCUT2D eigenvalue weighted by atomic mass is 9.93. The zero-order valence-corrected chi connectivity index (χ0v) is 24.2. The predicted molar refractivity (Wildman–Crippen MR) is 152 cm³/mol. The van der Waals surface area contributed by atoms with Gasteiger partial charge in [0.15, 0.2) is 11.5 Å². The molecule has 1 aliphatic heterocycles. The molecule has 212 valence electrons. The van der Waals surface area contributed by atoms with E-state index in [-0.39, 0.29) is 11.3 Å². The summed E-state index contributed by atoms with van der Waals surface area (Å²) in [4.78, 5) is 30.1. The van der Waals surface area contributed by atoms with Gasteiger partial charge in [0.2, 0.25) is 0 Å². The Morgan fingerprint density at radius 3 is 2.41 bits per heavy atom. The first-order valence-electron chi connectivity index (χ1n) is 13.6. The minimum Gasteiger partial charge on any atom is -0.507 e. The number of hydrogen-bond donors (Lipinski definition) is 1. The summed E-state index contributed by atoms with van der Waals surface area (Å²) in [7, 11) is 5.37. The van der Waals surface area contributed by atoms with Gasteiger partial charge in [-0.25, -0.2) is 0 Å². The van der Waals surface area contributed by atoms with Crippen LogP contribution in [0.15, 0.2) is 42.0 Å². The van der Waals surface area contributed by atoms with Gasteiger partial charge >= 0.3 is 0 Å². The van der Waals surface area contributed by atoms with Gasteiger partial charge in [-0.2, -0.15) is 0 Å². The monoisotopic (exact) mass is 538 g/mol. The molecule has 0 spiro atoms. The summed E-state index contributed by atoms with van der Waals surface area (Å²) in [6.45, 7) is 10.1. The number of aliphatic hydroxyl groups is 1. The van der Waals surface area contributed by atoms with Gasteiger partial charge in [0, 0.05) is 18.7 Å². The number of likely N-dealkylation sites (tertiary alicyclic amines) is 1. The van der Waals surface area contributed by atoms with Gasteiger partial charge in [0.1, 0.15) is 11.5 Å². The van der Waals surface area contributed by atoms with Crippen molar-refractivity contribution in [2.75, 3.05) is 47.5 Å². The molecule has 1 unspecified atom stereocenters. The molecule has 0 aliphatic carbocycles. The third kappa shape index (κ3) is 7.12. The zero-order chi connectivity index (χ0) is 28.7. The van der Waals surface area contributed by atoms with Crippen LogP contribution in [-0.2, 0) is 9.59 Å². The van der Waals surface area contributed by atoms with E-state index in [0.717, 1.165) is 18.4 Å². The van der Waals surface area contributed by atoms with E-state index in [1.165, 1.54) is 4.90 Å². The van der Waals surface area contributed by atoms with Gasteiger partial charge in [-0.05, 0) is 81.2 Å². The highest BCUT2D eigenvalue weighted by atomic mass is 16.5. The molecule has 0 saturated carbocycles. The maximum Gasteiger partial charge on any atom is 0.295 e. The Kier molecular flexibility index (Phi) is 10.4. The van der Waals surface area contributed by atoms with Crippen LogP contribution in [0.5, 0.6) is 17.2 Å². The highest BCUT2D eigenvalue weighted by Gasteiger charge is 2.46. The topological polar surface area (TPSA) is 88.5 Å². The molecule has 1 amide bonds. The second kappa shape index (κ2) is 13.5. The van der Waals surface area contributed by atoms with Crippen molar-refractivity contribution >= 4 is 17.4 Å². The Labute approximate surface area is 232 Å². The lowest BCUT2D eigenvalue weighted by Crippen LogP contribution is -2.35. The van der Waals surface area contributed by atoms with E-state index in [0.29, 0.717) is 60.6 Å². The molecule has 1 aliphatic rings. The van der Waals surface area contributed by atoms with E-state index >= 15 is 0 Å². The minimum absolute atomic E-state index is 0.0552. The van der Waals surface area contributed by atoms with Crippen molar-refractivity contribution in [3.05, 3.63) is 58.7 Å². The van der Waals surface area contributed by atoms with Crippen LogP contribution in [0.2, 0.25) is 0 Å². The number of methoxy groups -OCH3 is 1. The summed E-state index contributed by atoms with van der Waals surface area (Å²) >= 11 is 0. The third-order valence-electron chi connectivity index (χ3n) is 6.71. The molecule has 8 heteroatoms. The number of aliphatic hydroxyl groups excluding tert-OH is 1. The second-order valence-electron chi connectivity index (χ2n) is 10.6. The summed E-state index contributed by atoms with van der Waals surface area (Å²) in [5, 5.41) is 11.5. The summed E-state index contributed by atoms with van der Waals surface area (Å²) in [6, 6.07) is 9.95. The maximum atomic E-state index is 13.4. The summed E-state index contributed by atoms with van der Waals surface area (Å²) in [5.74, 6) is 0.725. The number of rotatable bonds is 13. The molecule has 39 heavy (non-hydrogen) atoms. The number of likely N-dealkylation sites (N-methyl/N-ethyl adjacent to an activating group) is 1. The van der Waals surface area contributed by atoms with Gasteiger partial charge in [-0.1, -0.05) is 26.8 Å². The molecule has 1 heterocycles. The molecular formula is C31H42N2O6. The number of Topliss-reactive ketones (excluding diaryl/α,β-unsaturated/α-hetero) is 1. The summed E-state index contributed by atoms with van der Waals surface area (Å²) in [5.41, 5.74) is 1.93. The lowest BCUT2D eigenvalue weighted by molar-refractivity contribution is -0.140. The Balaban J connectivity index is 2.09. The number of carbonyl (C=O) groups is 2. The van der Waals surface area contributed by atoms with Crippen molar-refractivity contribution in [2.24, 2.45) is 5.92 Å². The van der Waals surface area contributed by atoms with Crippen LogP contribution in [0.25, 0.3) is 5.76 Å². The molecule has 1 atom stereocenters. The Hall–Kier alpha value is -3.52. The van der Waals surface area contributed by atoms with Gasteiger partial charge in [-0.3, -0.25) is 9.59 Å². The molecule has 1 N–H and O–H groups in total. The Morgan fingerprint density at radius 1 is 1.05 bits per heavy atom. The molecule has 1 saturated heterocycles. The average molecular weight is 539 g/mol. The first-order valence-corrected chi connectivity index (χ1v) is 13.6. The molecular weight excluding hydrogens is 496 g/mol. The van der Waals surface area contributed by atoms with E-state index in [1.54, 1.807) is 31.4 Å². The van der Waals surface area contributed by atoms with Crippen LogP contribution >= 0.6 is 0 Å². The van der Waals surface area contributed by atoms with Crippen molar-refractivity contribution < 1.29 is 28.9 Å². The van der Waals surface area contributed by atoms with E-state index in [1.807, 2.05) is 45.0 Å². The number of hydrogen-bond acceptors (Lipinski definition) is 7. The predicted octanol–water partition coefficient (Wildman–Crippen LogP) is 5.20. The molecule has 1 fully saturated rings.